The molecule has 0 spiro atoms. The topological polar surface area (TPSA) is 57.6 Å². The van der Waals surface area contributed by atoms with Crippen LogP contribution in [0.15, 0.2) is 71.6 Å². The Labute approximate surface area is 171 Å². The molecule has 140 valence electrons. The number of thioether (sulfide) groups is 1. The molecule has 0 fully saturated rings. The van der Waals surface area contributed by atoms with Crippen LogP contribution in [0.2, 0.25) is 5.02 Å². The Morgan fingerprint density at radius 3 is 2.36 bits per heavy atom. The first-order valence-electron chi connectivity index (χ1n) is 8.72. The van der Waals surface area contributed by atoms with Gasteiger partial charge in [0.1, 0.15) is 0 Å². The van der Waals surface area contributed by atoms with Crippen molar-refractivity contribution in [3.63, 3.8) is 0 Å². The number of carbonyl (C=O) groups excluding carboxylic acids is 2. The van der Waals surface area contributed by atoms with Gasteiger partial charge in [0.05, 0.1) is 22.8 Å². The van der Waals surface area contributed by atoms with Crippen LogP contribution >= 0.6 is 23.4 Å². The molecule has 0 unspecified atom stereocenters. The molecule has 1 aliphatic rings. The van der Waals surface area contributed by atoms with E-state index < -0.39 is 0 Å². The number of aliphatic hydroxyl groups is 1. The molecule has 1 heterocycles. The first kappa shape index (κ1) is 18.7. The van der Waals surface area contributed by atoms with Crippen molar-refractivity contribution in [1.82, 2.24) is 0 Å². The molecule has 0 aromatic heterocycles. The number of amides is 2. The normalized spacial score (nSPS) is 14.4. The van der Waals surface area contributed by atoms with E-state index in [0.717, 1.165) is 10.8 Å². The molecule has 3 aromatic carbocycles. The number of benzene rings is 3. The van der Waals surface area contributed by atoms with Gasteiger partial charge >= 0.3 is 0 Å². The number of nitrogens with zero attached hydrogens (tertiary/aromatic N) is 1. The SMILES string of the molecule is O=C1C(SCCO)=C(c2ccc(Cl)cc2)C(=O)N1c1cccc2ccccc12. The summed E-state index contributed by atoms with van der Waals surface area (Å²) in [7, 11) is 0. The Morgan fingerprint density at radius 2 is 1.61 bits per heavy atom. The fourth-order valence-electron chi connectivity index (χ4n) is 3.28. The predicted molar refractivity (Wildman–Crippen MR) is 114 cm³/mol. The van der Waals surface area contributed by atoms with E-state index in [1.807, 2.05) is 36.4 Å². The summed E-state index contributed by atoms with van der Waals surface area (Å²) in [6, 6.07) is 20.0. The van der Waals surface area contributed by atoms with E-state index in [4.69, 9.17) is 11.6 Å². The lowest BCUT2D eigenvalue weighted by Gasteiger charge is -2.17. The van der Waals surface area contributed by atoms with Gasteiger partial charge < -0.3 is 5.11 Å². The Bertz CT molecular complexity index is 1100. The second-order valence-electron chi connectivity index (χ2n) is 6.23. The number of anilines is 1. The molecule has 0 aliphatic carbocycles. The molecule has 0 saturated carbocycles. The van der Waals surface area contributed by atoms with E-state index in [2.05, 4.69) is 0 Å². The zero-order chi connectivity index (χ0) is 19.7. The molecular formula is C22H16ClNO3S. The van der Waals surface area contributed by atoms with E-state index in [1.54, 1.807) is 30.3 Å². The standard InChI is InChI=1S/C22H16ClNO3S/c23-16-10-8-15(9-11-16)19-20(28-13-12-25)22(27)24(21(19)26)18-7-3-5-14-4-1-2-6-17(14)18/h1-11,25H,12-13H2. The van der Waals surface area contributed by atoms with Gasteiger partial charge in [0.2, 0.25) is 0 Å². The van der Waals surface area contributed by atoms with Crippen molar-refractivity contribution in [2.75, 3.05) is 17.3 Å². The number of hydrogen-bond donors (Lipinski definition) is 1. The van der Waals surface area contributed by atoms with E-state index >= 15 is 0 Å². The van der Waals surface area contributed by atoms with E-state index in [9.17, 15) is 14.7 Å². The monoisotopic (exact) mass is 409 g/mol. The smallest absolute Gasteiger partial charge is 0.272 e. The second-order valence-corrected chi connectivity index (χ2v) is 7.77. The summed E-state index contributed by atoms with van der Waals surface area (Å²) in [5, 5.41) is 11.6. The summed E-state index contributed by atoms with van der Waals surface area (Å²) in [6.07, 6.45) is 0. The van der Waals surface area contributed by atoms with Crippen molar-refractivity contribution < 1.29 is 14.7 Å². The van der Waals surface area contributed by atoms with Gasteiger partial charge in [0.15, 0.2) is 0 Å². The maximum Gasteiger partial charge on any atom is 0.272 e. The van der Waals surface area contributed by atoms with E-state index in [-0.39, 0.29) is 18.4 Å². The highest BCUT2D eigenvalue weighted by Gasteiger charge is 2.40. The number of hydrogen-bond acceptors (Lipinski definition) is 4. The number of aliphatic hydroxyl groups excluding tert-OH is 1. The van der Waals surface area contributed by atoms with Gasteiger partial charge in [-0.1, -0.05) is 60.1 Å². The Morgan fingerprint density at radius 1 is 0.893 bits per heavy atom. The number of imide groups is 1. The molecule has 4 rings (SSSR count). The molecule has 1 aliphatic heterocycles. The molecular weight excluding hydrogens is 394 g/mol. The molecule has 0 radical (unpaired) electrons. The highest BCUT2D eigenvalue weighted by molar-refractivity contribution is 8.04. The molecule has 0 bridgehead atoms. The maximum absolute atomic E-state index is 13.4. The highest BCUT2D eigenvalue weighted by Crippen LogP contribution is 2.40. The Kier molecular flexibility index (Phi) is 5.22. The van der Waals surface area contributed by atoms with Gasteiger partial charge in [-0.3, -0.25) is 9.59 Å². The molecule has 3 aromatic rings. The van der Waals surface area contributed by atoms with Crippen LogP contribution in [0.4, 0.5) is 5.69 Å². The van der Waals surface area contributed by atoms with Crippen molar-refractivity contribution >= 4 is 57.2 Å². The van der Waals surface area contributed by atoms with Crippen LogP contribution in [0.25, 0.3) is 16.3 Å². The van der Waals surface area contributed by atoms with Crippen molar-refractivity contribution in [1.29, 1.82) is 0 Å². The van der Waals surface area contributed by atoms with Gasteiger partial charge in [0.25, 0.3) is 11.8 Å². The summed E-state index contributed by atoms with van der Waals surface area (Å²) in [6.45, 7) is -0.0855. The van der Waals surface area contributed by atoms with Crippen molar-refractivity contribution in [3.8, 4) is 0 Å². The third-order valence-corrected chi connectivity index (χ3v) is 5.83. The number of rotatable bonds is 5. The van der Waals surface area contributed by atoms with E-state index in [1.165, 1.54) is 16.7 Å². The minimum atomic E-state index is -0.371. The van der Waals surface area contributed by atoms with Gasteiger partial charge in [-0.05, 0) is 29.1 Å². The Balaban J connectivity index is 1.85. The number of carbonyl (C=O) groups is 2. The van der Waals surface area contributed by atoms with Crippen LogP contribution in [0.3, 0.4) is 0 Å². The summed E-state index contributed by atoms with van der Waals surface area (Å²) >= 11 is 7.17. The van der Waals surface area contributed by atoms with Crippen molar-refractivity contribution in [3.05, 3.63) is 82.2 Å². The molecule has 6 heteroatoms. The molecule has 0 saturated heterocycles. The summed E-state index contributed by atoms with van der Waals surface area (Å²) in [4.78, 5) is 28.2. The molecule has 28 heavy (non-hydrogen) atoms. The number of halogens is 1. The zero-order valence-electron chi connectivity index (χ0n) is 14.8. The van der Waals surface area contributed by atoms with Crippen molar-refractivity contribution in [2.45, 2.75) is 0 Å². The number of fused-ring (bicyclic) bond motifs is 1. The average molecular weight is 410 g/mol. The first-order chi connectivity index (χ1) is 13.6. The second kappa shape index (κ2) is 7.80. The minimum Gasteiger partial charge on any atom is -0.396 e. The average Bonchev–Trinajstić information content (AvgIpc) is 2.96. The van der Waals surface area contributed by atoms with Gasteiger partial charge in [-0.15, -0.1) is 11.8 Å². The van der Waals surface area contributed by atoms with Crippen LogP contribution in [0.1, 0.15) is 5.56 Å². The van der Waals surface area contributed by atoms with Crippen LogP contribution in [0, 0.1) is 0 Å². The third kappa shape index (κ3) is 3.22. The van der Waals surface area contributed by atoms with Gasteiger partial charge in [0, 0.05) is 16.2 Å². The van der Waals surface area contributed by atoms with Crippen LogP contribution in [-0.2, 0) is 9.59 Å². The quantitative estimate of drug-likeness (QED) is 0.630. The molecule has 1 N–H and O–H groups in total. The molecule has 0 atom stereocenters. The fourth-order valence-corrected chi connectivity index (χ4v) is 4.27. The van der Waals surface area contributed by atoms with Gasteiger partial charge in [-0.25, -0.2) is 4.90 Å². The summed E-state index contributed by atoms with van der Waals surface area (Å²) < 4.78 is 0. The van der Waals surface area contributed by atoms with Crippen LogP contribution in [-0.4, -0.2) is 29.3 Å². The molecule has 4 nitrogen and oxygen atoms in total. The first-order valence-corrected chi connectivity index (χ1v) is 10.1. The third-order valence-electron chi connectivity index (χ3n) is 4.52. The maximum atomic E-state index is 13.4. The minimum absolute atomic E-state index is 0.0855. The Hall–Kier alpha value is -2.60. The summed E-state index contributed by atoms with van der Waals surface area (Å²) in [5.41, 5.74) is 1.53. The largest absolute Gasteiger partial charge is 0.396 e. The van der Waals surface area contributed by atoms with E-state index in [0.29, 0.717) is 32.5 Å². The summed E-state index contributed by atoms with van der Waals surface area (Å²) in [5.74, 6) is -0.414. The molecule has 2 amide bonds. The van der Waals surface area contributed by atoms with Crippen LogP contribution < -0.4 is 4.90 Å². The lowest BCUT2D eigenvalue weighted by Crippen LogP contribution is -2.31. The van der Waals surface area contributed by atoms with Crippen LogP contribution in [0.5, 0.6) is 0 Å². The lowest BCUT2D eigenvalue weighted by atomic mass is 10.1. The van der Waals surface area contributed by atoms with Crippen molar-refractivity contribution in [2.24, 2.45) is 0 Å². The predicted octanol–water partition coefficient (Wildman–Crippen LogP) is 4.50. The fraction of sp³-hybridized carbons (Fsp3) is 0.0909. The highest BCUT2D eigenvalue weighted by atomic mass is 35.5. The zero-order valence-corrected chi connectivity index (χ0v) is 16.3. The lowest BCUT2D eigenvalue weighted by molar-refractivity contribution is -0.119. The van der Waals surface area contributed by atoms with Gasteiger partial charge in [-0.2, -0.15) is 0 Å².